The molecule has 0 unspecified atom stereocenters. The molecule has 0 bridgehead atoms. The van der Waals surface area contributed by atoms with Crippen LogP contribution in [0.5, 0.6) is 5.75 Å². The first-order chi connectivity index (χ1) is 8.22. The lowest BCUT2D eigenvalue weighted by molar-refractivity contribution is 0.103. The summed E-state index contributed by atoms with van der Waals surface area (Å²) in [5, 5.41) is 9.57. The molecule has 0 atom stereocenters. The Morgan fingerprint density at radius 1 is 1.00 bits per heavy atom. The van der Waals surface area contributed by atoms with E-state index in [4.69, 9.17) is 0 Å². The zero-order chi connectivity index (χ0) is 12.3. The van der Waals surface area contributed by atoms with Gasteiger partial charge in [-0.25, -0.2) is 0 Å². The van der Waals surface area contributed by atoms with Crippen LogP contribution in [0.3, 0.4) is 0 Å². The topological polar surface area (TPSA) is 54.4 Å². The van der Waals surface area contributed by atoms with Gasteiger partial charge in [-0.15, -0.1) is 0 Å². The lowest BCUT2D eigenvalue weighted by atomic mass is 10.0. The standard InChI is InChI=1S/C14H10O3/c15-9-10-5-7-11(8-6-10)14(17)12-3-1-2-4-13(12)16/h1-9,16H. The van der Waals surface area contributed by atoms with Crippen molar-refractivity contribution in [2.75, 3.05) is 0 Å². The summed E-state index contributed by atoms with van der Waals surface area (Å²) in [5.41, 5.74) is 1.21. The van der Waals surface area contributed by atoms with Crippen LogP contribution < -0.4 is 0 Å². The van der Waals surface area contributed by atoms with Crippen LogP contribution in [-0.4, -0.2) is 17.2 Å². The van der Waals surface area contributed by atoms with Crippen molar-refractivity contribution in [3.8, 4) is 5.75 Å². The van der Waals surface area contributed by atoms with Crippen molar-refractivity contribution in [1.29, 1.82) is 0 Å². The molecule has 0 aromatic heterocycles. The molecule has 0 aliphatic carbocycles. The smallest absolute Gasteiger partial charge is 0.196 e. The monoisotopic (exact) mass is 226 g/mol. The molecule has 0 aliphatic heterocycles. The van der Waals surface area contributed by atoms with E-state index in [1.807, 2.05) is 0 Å². The number of phenolic OH excluding ortho intramolecular Hbond substituents is 1. The summed E-state index contributed by atoms with van der Waals surface area (Å²) in [6, 6.07) is 12.6. The Hall–Kier alpha value is -2.42. The largest absolute Gasteiger partial charge is 0.507 e. The van der Waals surface area contributed by atoms with Crippen LogP contribution in [0.1, 0.15) is 26.3 Å². The SMILES string of the molecule is O=Cc1ccc(C(=O)c2ccccc2O)cc1. The number of benzene rings is 2. The zero-order valence-corrected chi connectivity index (χ0v) is 8.96. The normalized spacial score (nSPS) is 9.88. The first-order valence-corrected chi connectivity index (χ1v) is 5.10. The number of rotatable bonds is 3. The second-order valence-corrected chi connectivity index (χ2v) is 3.59. The number of ketones is 1. The summed E-state index contributed by atoms with van der Waals surface area (Å²) < 4.78 is 0. The first kappa shape index (κ1) is 11.1. The third-order valence-corrected chi connectivity index (χ3v) is 2.46. The minimum atomic E-state index is -0.263. The van der Waals surface area contributed by atoms with Gasteiger partial charge in [-0.2, -0.15) is 0 Å². The van der Waals surface area contributed by atoms with Gasteiger partial charge >= 0.3 is 0 Å². The number of aromatic hydroxyl groups is 1. The average Bonchev–Trinajstić information content (AvgIpc) is 2.39. The molecule has 0 radical (unpaired) electrons. The van der Waals surface area contributed by atoms with Crippen LogP contribution in [0.25, 0.3) is 0 Å². The van der Waals surface area contributed by atoms with Gasteiger partial charge in [0.25, 0.3) is 0 Å². The molecule has 0 saturated heterocycles. The molecule has 0 saturated carbocycles. The van der Waals surface area contributed by atoms with Gasteiger partial charge < -0.3 is 5.11 Å². The fraction of sp³-hybridized carbons (Fsp3) is 0. The number of carbonyl (C=O) groups is 2. The van der Waals surface area contributed by atoms with E-state index in [1.54, 1.807) is 42.5 Å². The summed E-state index contributed by atoms with van der Waals surface area (Å²) in [7, 11) is 0. The Labute approximate surface area is 98.3 Å². The Kier molecular flexibility index (Phi) is 3.01. The maximum atomic E-state index is 12.0. The van der Waals surface area contributed by atoms with Crippen molar-refractivity contribution in [2.24, 2.45) is 0 Å². The van der Waals surface area contributed by atoms with E-state index in [1.165, 1.54) is 6.07 Å². The summed E-state index contributed by atoms with van der Waals surface area (Å²) >= 11 is 0. The van der Waals surface area contributed by atoms with Crippen LogP contribution in [0, 0.1) is 0 Å². The third kappa shape index (κ3) is 2.23. The highest BCUT2D eigenvalue weighted by atomic mass is 16.3. The van der Waals surface area contributed by atoms with Crippen LogP contribution in [0.2, 0.25) is 0 Å². The number of hydrogen-bond donors (Lipinski definition) is 1. The van der Waals surface area contributed by atoms with Crippen LogP contribution >= 0.6 is 0 Å². The summed E-state index contributed by atoms with van der Waals surface area (Å²) in [5.74, 6) is -0.308. The van der Waals surface area contributed by atoms with Gasteiger partial charge in [-0.3, -0.25) is 9.59 Å². The third-order valence-electron chi connectivity index (χ3n) is 2.46. The second kappa shape index (κ2) is 4.61. The predicted octanol–water partition coefficient (Wildman–Crippen LogP) is 2.44. The molecule has 84 valence electrons. The van der Waals surface area contributed by atoms with Crippen molar-refractivity contribution in [1.82, 2.24) is 0 Å². The fourth-order valence-electron chi connectivity index (χ4n) is 1.53. The molecular weight excluding hydrogens is 216 g/mol. The Bertz CT molecular complexity index is 556. The van der Waals surface area contributed by atoms with Crippen LogP contribution in [0.4, 0.5) is 0 Å². The molecule has 0 aliphatic rings. The summed E-state index contributed by atoms with van der Waals surface area (Å²) in [6.07, 6.45) is 0.717. The van der Waals surface area contributed by atoms with Crippen molar-refractivity contribution in [3.05, 3.63) is 65.2 Å². The molecule has 1 N–H and O–H groups in total. The van der Waals surface area contributed by atoms with E-state index in [-0.39, 0.29) is 17.1 Å². The number of para-hydroxylation sites is 1. The number of hydrogen-bond acceptors (Lipinski definition) is 3. The van der Waals surface area contributed by atoms with Crippen molar-refractivity contribution in [2.45, 2.75) is 0 Å². The highest BCUT2D eigenvalue weighted by Crippen LogP contribution is 2.19. The Morgan fingerprint density at radius 3 is 2.24 bits per heavy atom. The van der Waals surface area contributed by atoms with Gasteiger partial charge in [0, 0.05) is 11.1 Å². The lowest BCUT2D eigenvalue weighted by Gasteiger charge is -2.03. The minimum absolute atomic E-state index is 0.0445. The van der Waals surface area contributed by atoms with Crippen LogP contribution in [-0.2, 0) is 0 Å². The number of aldehydes is 1. The summed E-state index contributed by atoms with van der Waals surface area (Å²) in [6.45, 7) is 0. The molecule has 0 heterocycles. The quantitative estimate of drug-likeness (QED) is 0.646. The summed E-state index contributed by atoms with van der Waals surface area (Å²) in [4.78, 5) is 22.5. The van der Waals surface area contributed by atoms with Crippen LogP contribution in [0.15, 0.2) is 48.5 Å². The second-order valence-electron chi connectivity index (χ2n) is 3.59. The van der Waals surface area contributed by atoms with E-state index in [2.05, 4.69) is 0 Å². The van der Waals surface area contributed by atoms with E-state index in [0.29, 0.717) is 17.4 Å². The van der Waals surface area contributed by atoms with Crippen molar-refractivity contribution in [3.63, 3.8) is 0 Å². The molecular formula is C14H10O3. The van der Waals surface area contributed by atoms with E-state index >= 15 is 0 Å². The van der Waals surface area contributed by atoms with Crippen molar-refractivity contribution < 1.29 is 14.7 Å². The van der Waals surface area contributed by atoms with Gasteiger partial charge in [0.2, 0.25) is 0 Å². The average molecular weight is 226 g/mol. The first-order valence-electron chi connectivity index (χ1n) is 5.10. The maximum absolute atomic E-state index is 12.0. The molecule has 17 heavy (non-hydrogen) atoms. The molecule has 2 aromatic rings. The Morgan fingerprint density at radius 2 is 1.65 bits per heavy atom. The predicted molar refractivity (Wildman–Crippen MR) is 63.4 cm³/mol. The highest BCUT2D eigenvalue weighted by molar-refractivity contribution is 6.10. The van der Waals surface area contributed by atoms with Gasteiger partial charge in [0.05, 0.1) is 5.56 Å². The van der Waals surface area contributed by atoms with Gasteiger partial charge in [0.1, 0.15) is 12.0 Å². The van der Waals surface area contributed by atoms with Gasteiger partial charge in [0.15, 0.2) is 5.78 Å². The molecule has 0 fully saturated rings. The van der Waals surface area contributed by atoms with Gasteiger partial charge in [-0.05, 0) is 12.1 Å². The zero-order valence-electron chi connectivity index (χ0n) is 8.96. The molecule has 0 amide bonds. The highest BCUT2D eigenvalue weighted by Gasteiger charge is 2.12. The van der Waals surface area contributed by atoms with E-state index < -0.39 is 0 Å². The fourth-order valence-corrected chi connectivity index (χ4v) is 1.53. The maximum Gasteiger partial charge on any atom is 0.196 e. The van der Waals surface area contributed by atoms with E-state index in [9.17, 15) is 14.7 Å². The van der Waals surface area contributed by atoms with Gasteiger partial charge in [-0.1, -0.05) is 36.4 Å². The molecule has 0 spiro atoms. The minimum Gasteiger partial charge on any atom is -0.507 e. The lowest BCUT2D eigenvalue weighted by Crippen LogP contribution is -2.01. The van der Waals surface area contributed by atoms with E-state index in [0.717, 1.165) is 0 Å². The number of phenols is 1. The molecule has 3 heteroatoms. The Balaban J connectivity index is 2.37. The molecule has 2 rings (SSSR count). The molecule has 2 aromatic carbocycles. The number of carbonyl (C=O) groups excluding carboxylic acids is 2. The molecule has 3 nitrogen and oxygen atoms in total. The van der Waals surface area contributed by atoms with Crippen molar-refractivity contribution >= 4 is 12.1 Å².